The highest BCUT2D eigenvalue weighted by atomic mass is 19.1. The van der Waals surface area contributed by atoms with Crippen LogP contribution in [0.4, 0.5) is 10.3 Å². The molecule has 3 rings (SSSR count). The van der Waals surface area contributed by atoms with Gasteiger partial charge in [0.05, 0.1) is 11.3 Å². The summed E-state index contributed by atoms with van der Waals surface area (Å²) in [7, 11) is 1.75. The van der Waals surface area contributed by atoms with Gasteiger partial charge in [-0.1, -0.05) is 0 Å². The summed E-state index contributed by atoms with van der Waals surface area (Å²) in [6.45, 7) is 0. The Bertz CT molecular complexity index is 704. The molecule has 20 heavy (non-hydrogen) atoms. The van der Waals surface area contributed by atoms with E-state index in [-0.39, 0.29) is 5.82 Å². The summed E-state index contributed by atoms with van der Waals surface area (Å²) in [5.41, 5.74) is 1.45. The average Bonchev–Trinajstić information content (AvgIpc) is 2.97. The molecular formula is C13H11FN6. The van der Waals surface area contributed by atoms with Crippen LogP contribution in [-0.4, -0.2) is 31.8 Å². The lowest BCUT2D eigenvalue weighted by atomic mass is 10.3. The van der Waals surface area contributed by atoms with Crippen molar-refractivity contribution in [3.8, 4) is 17.1 Å². The van der Waals surface area contributed by atoms with Crippen LogP contribution < -0.4 is 5.32 Å². The fourth-order valence-electron chi connectivity index (χ4n) is 1.78. The van der Waals surface area contributed by atoms with E-state index in [1.165, 1.54) is 18.5 Å². The first kappa shape index (κ1) is 12.2. The first-order chi connectivity index (χ1) is 9.78. The fourth-order valence-corrected chi connectivity index (χ4v) is 1.78. The molecule has 2 heterocycles. The van der Waals surface area contributed by atoms with E-state index in [1.54, 1.807) is 36.3 Å². The summed E-state index contributed by atoms with van der Waals surface area (Å²) in [6, 6.07) is 6.02. The van der Waals surface area contributed by atoms with E-state index in [4.69, 9.17) is 0 Å². The molecule has 0 amide bonds. The summed E-state index contributed by atoms with van der Waals surface area (Å²) in [5.74, 6) is 0.831. The van der Waals surface area contributed by atoms with Gasteiger partial charge in [0.25, 0.3) is 0 Å². The first-order valence-corrected chi connectivity index (χ1v) is 5.94. The predicted octanol–water partition coefficient (Wildman–Crippen LogP) is 1.91. The van der Waals surface area contributed by atoms with Crippen molar-refractivity contribution in [3.63, 3.8) is 0 Å². The lowest BCUT2D eigenvalue weighted by Crippen LogP contribution is -2.01. The van der Waals surface area contributed by atoms with Gasteiger partial charge in [0, 0.05) is 19.4 Å². The molecule has 0 saturated carbocycles. The van der Waals surface area contributed by atoms with E-state index < -0.39 is 0 Å². The minimum atomic E-state index is -0.294. The van der Waals surface area contributed by atoms with Crippen molar-refractivity contribution in [1.82, 2.24) is 24.7 Å². The second-order valence-corrected chi connectivity index (χ2v) is 4.02. The lowest BCUT2D eigenvalue weighted by Gasteiger charge is -2.06. The first-order valence-electron chi connectivity index (χ1n) is 5.94. The third kappa shape index (κ3) is 2.20. The van der Waals surface area contributed by atoms with E-state index in [0.29, 0.717) is 11.8 Å². The summed E-state index contributed by atoms with van der Waals surface area (Å²) in [4.78, 5) is 12.5. The third-order valence-electron chi connectivity index (χ3n) is 2.75. The number of hydrogen-bond acceptors (Lipinski definition) is 5. The van der Waals surface area contributed by atoms with Crippen LogP contribution in [0.25, 0.3) is 17.1 Å². The van der Waals surface area contributed by atoms with Crippen molar-refractivity contribution in [1.29, 1.82) is 0 Å². The second-order valence-electron chi connectivity index (χ2n) is 4.02. The van der Waals surface area contributed by atoms with Crippen molar-refractivity contribution in [2.45, 2.75) is 0 Å². The largest absolute Gasteiger partial charge is 0.357 e. The van der Waals surface area contributed by atoms with Gasteiger partial charge in [0.2, 0.25) is 5.95 Å². The molecule has 0 saturated heterocycles. The van der Waals surface area contributed by atoms with E-state index in [0.717, 1.165) is 11.3 Å². The molecule has 0 bridgehead atoms. The van der Waals surface area contributed by atoms with Gasteiger partial charge in [-0.3, -0.25) is 0 Å². The van der Waals surface area contributed by atoms with Crippen LogP contribution >= 0.6 is 0 Å². The van der Waals surface area contributed by atoms with Crippen LogP contribution in [-0.2, 0) is 0 Å². The number of anilines is 1. The maximum absolute atomic E-state index is 13.0. The summed E-state index contributed by atoms with van der Waals surface area (Å²) in [6.07, 6.45) is 4.75. The summed E-state index contributed by atoms with van der Waals surface area (Å²) < 4.78 is 14.6. The van der Waals surface area contributed by atoms with Gasteiger partial charge < -0.3 is 5.32 Å². The van der Waals surface area contributed by atoms with E-state index in [1.807, 2.05) is 0 Å². The van der Waals surface area contributed by atoms with Crippen LogP contribution in [0.15, 0.2) is 43.0 Å². The van der Waals surface area contributed by atoms with Crippen molar-refractivity contribution in [2.75, 3.05) is 12.4 Å². The second kappa shape index (κ2) is 5.04. The molecule has 6 nitrogen and oxygen atoms in total. The molecule has 1 N–H and O–H groups in total. The molecule has 0 atom stereocenters. The zero-order valence-electron chi connectivity index (χ0n) is 10.7. The fraction of sp³-hybridized carbons (Fsp3) is 0.0769. The number of nitrogens with zero attached hydrogens (tertiary/aromatic N) is 5. The monoisotopic (exact) mass is 270 g/mol. The topological polar surface area (TPSA) is 68.5 Å². The highest BCUT2D eigenvalue weighted by molar-refractivity contribution is 5.56. The molecular weight excluding hydrogens is 259 g/mol. The maximum Gasteiger partial charge on any atom is 0.222 e. The molecule has 0 unspecified atom stereocenters. The third-order valence-corrected chi connectivity index (χ3v) is 2.75. The number of halogens is 1. The minimum Gasteiger partial charge on any atom is -0.357 e. The van der Waals surface area contributed by atoms with Gasteiger partial charge in [0.15, 0.2) is 5.82 Å². The zero-order valence-corrected chi connectivity index (χ0v) is 10.7. The molecule has 7 heteroatoms. The zero-order chi connectivity index (χ0) is 13.9. The molecule has 3 aromatic rings. The molecule has 0 fully saturated rings. The van der Waals surface area contributed by atoms with Gasteiger partial charge in [-0.05, 0) is 24.3 Å². The predicted molar refractivity (Wildman–Crippen MR) is 71.9 cm³/mol. The van der Waals surface area contributed by atoms with Crippen LogP contribution in [0.2, 0.25) is 0 Å². The quantitative estimate of drug-likeness (QED) is 0.787. The number of benzene rings is 1. The van der Waals surface area contributed by atoms with E-state index >= 15 is 0 Å². The number of aromatic nitrogens is 5. The molecule has 0 aliphatic rings. The Morgan fingerprint density at radius 2 is 1.75 bits per heavy atom. The Kier molecular flexibility index (Phi) is 3.08. The van der Waals surface area contributed by atoms with Gasteiger partial charge in [-0.15, -0.1) is 0 Å². The molecule has 0 aliphatic carbocycles. The van der Waals surface area contributed by atoms with Crippen molar-refractivity contribution in [2.24, 2.45) is 0 Å². The van der Waals surface area contributed by atoms with Gasteiger partial charge in [0.1, 0.15) is 12.1 Å². The highest BCUT2D eigenvalue weighted by Gasteiger charge is 2.10. The Labute approximate surface area is 114 Å². The van der Waals surface area contributed by atoms with Crippen molar-refractivity contribution < 1.29 is 4.39 Å². The Morgan fingerprint density at radius 3 is 2.40 bits per heavy atom. The summed E-state index contributed by atoms with van der Waals surface area (Å²) in [5, 5.41) is 6.99. The molecule has 2 aromatic heterocycles. The molecule has 0 radical (unpaired) electrons. The lowest BCUT2D eigenvalue weighted by molar-refractivity contribution is 0.627. The smallest absolute Gasteiger partial charge is 0.222 e. The Balaban J connectivity index is 2.02. The van der Waals surface area contributed by atoms with Crippen molar-refractivity contribution in [3.05, 3.63) is 48.8 Å². The molecule has 0 spiro atoms. The molecule has 0 aliphatic heterocycles. The van der Waals surface area contributed by atoms with Gasteiger partial charge >= 0.3 is 0 Å². The normalized spacial score (nSPS) is 10.5. The van der Waals surface area contributed by atoms with Crippen LogP contribution in [0.3, 0.4) is 0 Å². The van der Waals surface area contributed by atoms with Crippen LogP contribution in [0.1, 0.15) is 0 Å². The number of hydrogen-bond donors (Lipinski definition) is 1. The van der Waals surface area contributed by atoms with Gasteiger partial charge in [-0.2, -0.15) is 5.10 Å². The number of nitrogens with one attached hydrogen (secondary N) is 1. The molecule has 100 valence electrons. The standard InChI is InChI=1S/C13H11FN6/c1-15-13-16-6-9(7-17-13)12-18-8-19-20(12)11-4-2-10(14)3-5-11/h2-8H,1H3,(H,15,16,17). The SMILES string of the molecule is CNc1ncc(-c2ncnn2-c2ccc(F)cc2)cn1. The molecule has 1 aromatic carbocycles. The Morgan fingerprint density at radius 1 is 1.05 bits per heavy atom. The van der Waals surface area contributed by atoms with Crippen LogP contribution in [0, 0.1) is 5.82 Å². The average molecular weight is 270 g/mol. The number of rotatable bonds is 3. The van der Waals surface area contributed by atoms with E-state index in [9.17, 15) is 4.39 Å². The van der Waals surface area contributed by atoms with Crippen LogP contribution in [0.5, 0.6) is 0 Å². The minimum absolute atomic E-state index is 0.294. The van der Waals surface area contributed by atoms with E-state index in [2.05, 4.69) is 25.4 Å². The van der Waals surface area contributed by atoms with Gasteiger partial charge in [-0.25, -0.2) is 24.0 Å². The van der Waals surface area contributed by atoms with Crippen molar-refractivity contribution >= 4 is 5.95 Å². The highest BCUT2D eigenvalue weighted by Crippen LogP contribution is 2.19. The summed E-state index contributed by atoms with van der Waals surface area (Å²) >= 11 is 0. The maximum atomic E-state index is 13.0. The Hall–Kier alpha value is -2.83.